The van der Waals surface area contributed by atoms with Gasteiger partial charge in [-0.1, -0.05) is 19.8 Å². The molecule has 96 valence electrons. The first-order chi connectivity index (χ1) is 7.70. The van der Waals surface area contributed by atoms with Crippen molar-refractivity contribution in [2.24, 2.45) is 0 Å². The Morgan fingerprint density at radius 3 is 2.62 bits per heavy atom. The van der Waals surface area contributed by atoms with Gasteiger partial charge in [0.25, 0.3) is 0 Å². The Bertz CT molecular complexity index is 170. The molecule has 0 aromatic carbocycles. The number of aliphatic hydroxyl groups is 2. The lowest BCUT2D eigenvalue weighted by Crippen LogP contribution is -2.09. The third-order valence-electron chi connectivity index (χ3n) is 2.39. The highest BCUT2D eigenvalue weighted by atomic mass is 16.5. The van der Waals surface area contributed by atoms with E-state index in [1.54, 1.807) is 0 Å². The number of ether oxygens (including phenoxy) is 1. The molecule has 0 aliphatic rings. The smallest absolute Gasteiger partial charge is 0.305 e. The molecule has 16 heavy (non-hydrogen) atoms. The Morgan fingerprint density at radius 2 is 2.00 bits per heavy atom. The maximum absolute atomic E-state index is 11.2. The van der Waals surface area contributed by atoms with Gasteiger partial charge in [-0.2, -0.15) is 0 Å². The molecule has 0 bridgehead atoms. The van der Waals surface area contributed by atoms with Gasteiger partial charge in [0.2, 0.25) is 0 Å². The van der Waals surface area contributed by atoms with E-state index in [-0.39, 0.29) is 12.6 Å². The van der Waals surface area contributed by atoms with Gasteiger partial charge in [0.15, 0.2) is 0 Å². The summed E-state index contributed by atoms with van der Waals surface area (Å²) in [6, 6.07) is 0. The highest BCUT2D eigenvalue weighted by molar-refractivity contribution is 5.69. The Hall–Kier alpha value is -0.610. The second-order valence-electron chi connectivity index (χ2n) is 3.99. The van der Waals surface area contributed by atoms with Crippen molar-refractivity contribution < 1.29 is 19.7 Å². The summed E-state index contributed by atoms with van der Waals surface area (Å²) in [5.41, 5.74) is 0. The van der Waals surface area contributed by atoms with Gasteiger partial charge in [-0.15, -0.1) is 0 Å². The summed E-state index contributed by atoms with van der Waals surface area (Å²) in [6.07, 6.45) is 4.53. The highest BCUT2D eigenvalue weighted by Gasteiger charge is 2.05. The fraction of sp³-hybridized carbons (Fsp3) is 0.917. The molecule has 0 aliphatic heterocycles. The van der Waals surface area contributed by atoms with Crippen molar-refractivity contribution in [2.45, 2.75) is 58.0 Å². The highest BCUT2D eigenvalue weighted by Crippen LogP contribution is 2.07. The molecule has 4 nitrogen and oxygen atoms in total. The molecular formula is C12H24O4. The van der Waals surface area contributed by atoms with Crippen LogP contribution in [-0.2, 0) is 9.53 Å². The second-order valence-corrected chi connectivity index (χ2v) is 3.99. The largest absolute Gasteiger partial charge is 0.466 e. The average molecular weight is 232 g/mol. The van der Waals surface area contributed by atoms with Crippen LogP contribution in [0.15, 0.2) is 0 Å². The van der Waals surface area contributed by atoms with Crippen LogP contribution in [0.3, 0.4) is 0 Å². The molecule has 0 radical (unpaired) electrons. The van der Waals surface area contributed by atoms with Crippen LogP contribution in [0.2, 0.25) is 0 Å². The lowest BCUT2D eigenvalue weighted by molar-refractivity contribution is -0.143. The van der Waals surface area contributed by atoms with E-state index in [0.29, 0.717) is 25.9 Å². The molecule has 1 atom stereocenters. The van der Waals surface area contributed by atoms with Crippen LogP contribution in [-0.4, -0.2) is 35.5 Å². The minimum absolute atomic E-state index is 0.0141. The number of hydrogen-bond acceptors (Lipinski definition) is 4. The van der Waals surface area contributed by atoms with Gasteiger partial charge in [0.05, 0.1) is 12.7 Å². The molecule has 0 rings (SSSR count). The summed E-state index contributed by atoms with van der Waals surface area (Å²) in [6.45, 7) is 2.58. The Kier molecular flexibility index (Phi) is 10.5. The first-order valence-corrected chi connectivity index (χ1v) is 6.15. The first-order valence-electron chi connectivity index (χ1n) is 6.15. The number of unbranched alkanes of at least 4 members (excludes halogenated alkanes) is 2. The fourth-order valence-electron chi connectivity index (χ4n) is 1.35. The monoisotopic (exact) mass is 232 g/mol. The van der Waals surface area contributed by atoms with E-state index in [1.807, 2.05) is 0 Å². The molecule has 0 heterocycles. The van der Waals surface area contributed by atoms with Crippen molar-refractivity contribution in [3.63, 3.8) is 0 Å². The topological polar surface area (TPSA) is 66.8 Å². The van der Waals surface area contributed by atoms with Gasteiger partial charge in [-0.05, 0) is 25.7 Å². The van der Waals surface area contributed by atoms with Gasteiger partial charge in [-0.3, -0.25) is 4.79 Å². The maximum Gasteiger partial charge on any atom is 0.305 e. The Morgan fingerprint density at radius 1 is 1.25 bits per heavy atom. The van der Waals surface area contributed by atoms with Crippen LogP contribution in [0, 0.1) is 0 Å². The predicted molar refractivity (Wildman–Crippen MR) is 62.0 cm³/mol. The molecular weight excluding hydrogens is 208 g/mol. The van der Waals surface area contributed by atoms with Crippen molar-refractivity contribution in [1.82, 2.24) is 0 Å². The van der Waals surface area contributed by atoms with Crippen molar-refractivity contribution in [2.75, 3.05) is 13.2 Å². The van der Waals surface area contributed by atoms with E-state index >= 15 is 0 Å². The van der Waals surface area contributed by atoms with Crippen LogP contribution < -0.4 is 0 Å². The molecule has 0 unspecified atom stereocenters. The zero-order valence-electron chi connectivity index (χ0n) is 10.2. The van der Waals surface area contributed by atoms with Crippen molar-refractivity contribution in [3.05, 3.63) is 0 Å². The average Bonchev–Trinajstić information content (AvgIpc) is 2.25. The molecule has 4 heteroatoms. The summed E-state index contributed by atoms with van der Waals surface area (Å²) >= 11 is 0. The minimum atomic E-state index is -0.443. The summed E-state index contributed by atoms with van der Waals surface area (Å²) in [4.78, 5) is 11.2. The predicted octanol–water partition coefficient (Wildman–Crippen LogP) is 1.63. The molecule has 0 saturated carbocycles. The Balaban J connectivity index is 3.27. The number of carbonyl (C=O) groups is 1. The number of carbonyl (C=O) groups excluding carboxylic acids is 1. The molecule has 2 N–H and O–H groups in total. The summed E-state index contributed by atoms with van der Waals surface area (Å²) in [5, 5.41) is 17.9. The summed E-state index contributed by atoms with van der Waals surface area (Å²) in [5.74, 6) is -0.148. The van der Waals surface area contributed by atoms with E-state index < -0.39 is 6.10 Å². The van der Waals surface area contributed by atoms with E-state index in [9.17, 15) is 9.90 Å². The van der Waals surface area contributed by atoms with E-state index in [1.165, 1.54) is 0 Å². The van der Waals surface area contributed by atoms with Crippen molar-refractivity contribution in [3.8, 4) is 0 Å². The molecule has 0 saturated heterocycles. The van der Waals surface area contributed by atoms with Crippen LogP contribution in [0.25, 0.3) is 0 Å². The molecule has 0 aliphatic carbocycles. The molecule has 0 aromatic rings. The van der Waals surface area contributed by atoms with E-state index in [4.69, 9.17) is 9.84 Å². The van der Waals surface area contributed by atoms with Gasteiger partial charge in [0, 0.05) is 13.0 Å². The van der Waals surface area contributed by atoms with Crippen LogP contribution in [0.1, 0.15) is 51.9 Å². The van der Waals surface area contributed by atoms with Gasteiger partial charge < -0.3 is 14.9 Å². The molecule has 0 fully saturated rings. The lowest BCUT2D eigenvalue weighted by atomic mass is 10.1. The maximum atomic E-state index is 11.2. The van der Waals surface area contributed by atoms with Crippen LogP contribution >= 0.6 is 0 Å². The minimum Gasteiger partial charge on any atom is -0.466 e. The van der Waals surface area contributed by atoms with Crippen LogP contribution in [0.4, 0.5) is 0 Å². The van der Waals surface area contributed by atoms with E-state index in [0.717, 1.165) is 25.7 Å². The lowest BCUT2D eigenvalue weighted by Gasteiger charge is -2.08. The molecule has 0 aromatic heterocycles. The zero-order chi connectivity index (χ0) is 12.2. The number of aliphatic hydroxyl groups excluding tert-OH is 2. The fourth-order valence-corrected chi connectivity index (χ4v) is 1.35. The van der Waals surface area contributed by atoms with Crippen LogP contribution in [0.5, 0.6) is 0 Å². The van der Waals surface area contributed by atoms with Crippen molar-refractivity contribution >= 4 is 5.97 Å². The van der Waals surface area contributed by atoms with Crippen molar-refractivity contribution in [1.29, 1.82) is 0 Å². The SMILES string of the molecule is CCCCOC(=O)CCCC[C@H](O)CCO. The zero-order valence-corrected chi connectivity index (χ0v) is 10.2. The Labute approximate surface area is 97.6 Å². The normalized spacial score (nSPS) is 12.4. The standard InChI is InChI=1S/C12H24O4/c1-2-3-10-16-12(15)7-5-4-6-11(14)8-9-13/h11,13-14H,2-10H2,1H3/t11-/m0/s1. The summed E-state index contributed by atoms with van der Waals surface area (Å²) < 4.78 is 5.00. The van der Waals surface area contributed by atoms with E-state index in [2.05, 4.69) is 6.92 Å². The first kappa shape index (κ1) is 15.4. The number of esters is 1. The quantitative estimate of drug-likeness (QED) is 0.444. The van der Waals surface area contributed by atoms with Gasteiger partial charge >= 0.3 is 5.97 Å². The second kappa shape index (κ2) is 10.9. The van der Waals surface area contributed by atoms with Gasteiger partial charge in [0.1, 0.15) is 0 Å². The third-order valence-corrected chi connectivity index (χ3v) is 2.39. The third kappa shape index (κ3) is 9.93. The molecule has 0 spiro atoms. The molecule has 0 amide bonds. The van der Waals surface area contributed by atoms with Gasteiger partial charge in [-0.25, -0.2) is 0 Å². The summed E-state index contributed by atoms with van der Waals surface area (Å²) in [7, 11) is 0. The number of hydrogen-bond donors (Lipinski definition) is 2. The number of rotatable bonds is 10.